The molecule has 2 aromatic heterocycles. The van der Waals surface area contributed by atoms with Crippen molar-refractivity contribution in [3.63, 3.8) is 0 Å². The number of aromatic nitrogens is 2. The molecule has 224 valence electrons. The first-order chi connectivity index (χ1) is 19.4. The Morgan fingerprint density at radius 3 is 2.26 bits per heavy atom. The molecule has 1 saturated heterocycles. The first-order valence-corrected chi connectivity index (χ1v) is 16.1. The Morgan fingerprint density at radius 1 is 1.02 bits per heavy atom. The van der Waals surface area contributed by atoms with Gasteiger partial charge in [-0.25, -0.2) is 14.7 Å². The molecule has 1 aliphatic heterocycles. The number of aryl methyl sites for hydroxylation is 1. The molecule has 1 amide bonds. The van der Waals surface area contributed by atoms with Crippen LogP contribution in [0, 0.1) is 12.8 Å². The number of pyridine rings is 2. The zero-order valence-electron chi connectivity index (χ0n) is 26.0. The van der Waals surface area contributed by atoms with Gasteiger partial charge < -0.3 is 10.6 Å². The lowest BCUT2D eigenvalue weighted by Crippen LogP contribution is -2.41. The van der Waals surface area contributed by atoms with Crippen LogP contribution < -0.4 is 15.4 Å². The highest BCUT2D eigenvalue weighted by molar-refractivity contribution is 7.90. The summed E-state index contributed by atoms with van der Waals surface area (Å²) < 4.78 is 28.6. The van der Waals surface area contributed by atoms with Crippen LogP contribution in [0.1, 0.15) is 94.8 Å². The molecule has 42 heavy (non-hydrogen) atoms. The Balaban J connectivity index is 1.64. The van der Waals surface area contributed by atoms with Gasteiger partial charge in [-0.15, -0.1) is 0 Å². The number of carbonyl (C=O) groups excluding carboxylic acids is 1. The average molecular weight is 590 g/mol. The lowest BCUT2D eigenvalue weighted by atomic mass is 9.62. The van der Waals surface area contributed by atoms with Gasteiger partial charge in [0.05, 0.1) is 5.56 Å². The SMILES string of the molecule is Cc1cc2c(cc1-c1cnc(N3CC(C)CC3(C)C)c(C(=O)NS(=O)(=O)c3cccc(N)n3)c1)C(C)(C)CCC2(C)C. The van der Waals surface area contributed by atoms with Crippen molar-refractivity contribution in [1.29, 1.82) is 0 Å². The van der Waals surface area contributed by atoms with Crippen LogP contribution in [0.15, 0.2) is 47.6 Å². The zero-order chi connectivity index (χ0) is 30.8. The quantitative estimate of drug-likeness (QED) is 0.368. The highest BCUT2D eigenvalue weighted by atomic mass is 32.2. The number of sulfonamides is 1. The van der Waals surface area contributed by atoms with Gasteiger partial charge in [0.15, 0.2) is 5.03 Å². The second kappa shape index (κ2) is 10.1. The van der Waals surface area contributed by atoms with E-state index in [1.165, 1.54) is 29.3 Å². The number of hydrogen-bond donors (Lipinski definition) is 2. The van der Waals surface area contributed by atoms with Crippen LogP contribution in [-0.4, -0.2) is 36.4 Å². The van der Waals surface area contributed by atoms with Crippen molar-refractivity contribution < 1.29 is 13.2 Å². The van der Waals surface area contributed by atoms with E-state index < -0.39 is 15.9 Å². The summed E-state index contributed by atoms with van der Waals surface area (Å²) >= 11 is 0. The standard InChI is InChI=1S/C33H43N5O3S/c1-20-17-33(7,8)38(19-20)29-24(30(39)37-42(40,41)28-11-9-10-27(34)36-28)15-22(18-35-29)23-16-26-25(14-21(23)2)31(3,4)12-13-32(26,5)6/h9-11,14-16,18,20H,12-13,17,19H2,1-8H3,(H2,34,36)(H,37,39). The van der Waals surface area contributed by atoms with Gasteiger partial charge in [0.1, 0.15) is 11.6 Å². The summed E-state index contributed by atoms with van der Waals surface area (Å²) in [5, 5.41) is -0.313. The number of nitrogens with two attached hydrogens (primary N) is 1. The van der Waals surface area contributed by atoms with Crippen LogP contribution in [0.5, 0.6) is 0 Å². The molecule has 3 N–H and O–H groups in total. The Bertz CT molecular complexity index is 1680. The van der Waals surface area contributed by atoms with Gasteiger partial charge in [0, 0.05) is 23.8 Å². The van der Waals surface area contributed by atoms with Crippen molar-refractivity contribution in [3.8, 4) is 11.1 Å². The molecule has 1 fully saturated rings. The van der Waals surface area contributed by atoms with Gasteiger partial charge in [-0.1, -0.05) is 46.8 Å². The van der Waals surface area contributed by atoms with E-state index in [4.69, 9.17) is 10.7 Å². The van der Waals surface area contributed by atoms with Crippen molar-refractivity contribution in [2.24, 2.45) is 5.92 Å². The lowest BCUT2D eigenvalue weighted by Gasteiger charge is -2.42. The predicted octanol–water partition coefficient (Wildman–Crippen LogP) is 6.13. The summed E-state index contributed by atoms with van der Waals surface area (Å²) in [6.45, 7) is 18.4. The largest absolute Gasteiger partial charge is 0.384 e. The monoisotopic (exact) mass is 589 g/mol. The Hall–Kier alpha value is -3.46. The third-order valence-corrected chi connectivity index (χ3v) is 10.4. The highest BCUT2D eigenvalue weighted by Gasteiger charge is 2.40. The zero-order valence-corrected chi connectivity index (χ0v) is 26.8. The topological polar surface area (TPSA) is 118 Å². The Morgan fingerprint density at radius 2 is 1.67 bits per heavy atom. The maximum Gasteiger partial charge on any atom is 0.281 e. The van der Waals surface area contributed by atoms with E-state index in [-0.39, 0.29) is 32.8 Å². The van der Waals surface area contributed by atoms with E-state index in [0.717, 1.165) is 36.0 Å². The van der Waals surface area contributed by atoms with Crippen LogP contribution in [-0.2, 0) is 20.9 Å². The van der Waals surface area contributed by atoms with Gasteiger partial charge in [-0.05, 0) is 103 Å². The van der Waals surface area contributed by atoms with Gasteiger partial charge >= 0.3 is 0 Å². The Labute approximate surface area is 250 Å². The number of nitrogens with zero attached hydrogens (tertiary/aromatic N) is 3. The minimum atomic E-state index is -4.27. The summed E-state index contributed by atoms with van der Waals surface area (Å²) in [6, 6.07) is 10.6. The molecule has 3 aromatic rings. The average Bonchev–Trinajstić information content (AvgIpc) is 3.17. The first kappa shape index (κ1) is 30.0. The number of nitrogens with one attached hydrogen (secondary N) is 1. The molecule has 0 radical (unpaired) electrons. The molecule has 3 heterocycles. The van der Waals surface area contributed by atoms with E-state index in [2.05, 4.69) is 82.1 Å². The fourth-order valence-corrected chi connectivity index (χ4v) is 7.73. The van der Waals surface area contributed by atoms with Crippen molar-refractivity contribution >= 4 is 27.6 Å². The minimum absolute atomic E-state index is 0.00913. The number of anilines is 2. The fourth-order valence-electron chi connectivity index (χ4n) is 6.79. The molecule has 1 aromatic carbocycles. The van der Waals surface area contributed by atoms with E-state index in [1.807, 2.05) is 6.20 Å². The normalized spacial score (nSPS) is 20.7. The molecule has 2 aliphatic rings. The molecule has 5 rings (SSSR count). The maximum absolute atomic E-state index is 13.9. The third-order valence-electron chi connectivity index (χ3n) is 9.20. The van der Waals surface area contributed by atoms with Crippen molar-refractivity contribution in [3.05, 3.63) is 64.8 Å². The van der Waals surface area contributed by atoms with E-state index >= 15 is 0 Å². The van der Waals surface area contributed by atoms with Gasteiger partial charge in [0.25, 0.3) is 15.9 Å². The molecular formula is C33H43N5O3S. The molecule has 0 bridgehead atoms. The van der Waals surface area contributed by atoms with Crippen molar-refractivity contribution in [2.75, 3.05) is 17.2 Å². The van der Waals surface area contributed by atoms with Gasteiger partial charge in [-0.2, -0.15) is 8.42 Å². The summed E-state index contributed by atoms with van der Waals surface area (Å²) in [7, 11) is -4.27. The molecule has 1 aliphatic carbocycles. The summed E-state index contributed by atoms with van der Waals surface area (Å²) in [5.74, 6) is 0.164. The molecule has 0 spiro atoms. The highest BCUT2D eigenvalue weighted by Crippen LogP contribution is 2.48. The molecule has 9 heteroatoms. The van der Waals surface area contributed by atoms with E-state index in [1.54, 1.807) is 6.07 Å². The van der Waals surface area contributed by atoms with Crippen LogP contribution in [0.2, 0.25) is 0 Å². The number of amides is 1. The summed E-state index contributed by atoms with van der Waals surface area (Å²) in [4.78, 5) is 24.8. The van der Waals surface area contributed by atoms with Crippen molar-refractivity contribution in [1.82, 2.24) is 14.7 Å². The van der Waals surface area contributed by atoms with Crippen molar-refractivity contribution in [2.45, 2.75) is 96.0 Å². The molecule has 8 nitrogen and oxygen atoms in total. The lowest BCUT2D eigenvalue weighted by molar-refractivity contribution is 0.0981. The molecule has 1 atom stereocenters. The number of rotatable bonds is 5. The smallest absolute Gasteiger partial charge is 0.281 e. The second-order valence-electron chi connectivity index (χ2n) is 14.1. The van der Waals surface area contributed by atoms with Crippen LogP contribution >= 0.6 is 0 Å². The molecule has 0 saturated carbocycles. The summed E-state index contributed by atoms with van der Waals surface area (Å²) in [5.41, 5.74) is 11.3. The number of fused-ring (bicyclic) bond motifs is 1. The summed E-state index contributed by atoms with van der Waals surface area (Å²) in [6.07, 6.45) is 4.94. The fraction of sp³-hybridized carbons (Fsp3) is 0.485. The third kappa shape index (κ3) is 5.39. The second-order valence-corrected chi connectivity index (χ2v) is 15.8. The number of carbonyl (C=O) groups is 1. The Kier molecular flexibility index (Phi) is 7.20. The first-order valence-electron chi connectivity index (χ1n) is 14.6. The van der Waals surface area contributed by atoms with E-state index in [0.29, 0.717) is 18.3 Å². The van der Waals surface area contributed by atoms with E-state index in [9.17, 15) is 13.2 Å². The maximum atomic E-state index is 13.9. The van der Waals surface area contributed by atoms with Crippen LogP contribution in [0.3, 0.4) is 0 Å². The minimum Gasteiger partial charge on any atom is -0.384 e. The number of hydrogen-bond acceptors (Lipinski definition) is 7. The molecule has 1 unspecified atom stereocenters. The van der Waals surface area contributed by atoms with Crippen LogP contribution in [0.25, 0.3) is 11.1 Å². The number of nitrogen functional groups attached to an aromatic ring is 1. The molecular weight excluding hydrogens is 546 g/mol. The predicted molar refractivity (Wildman–Crippen MR) is 168 cm³/mol. The van der Waals surface area contributed by atoms with Gasteiger partial charge in [0.2, 0.25) is 0 Å². The van der Waals surface area contributed by atoms with Crippen LogP contribution in [0.4, 0.5) is 11.6 Å². The van der Waals surface area contributed by atoms with Gasteiger partial charge in [-0.3, -0.25) is 4.79 Å². The number of benzene rings is 1.